The second-order valence-electron chi connectivity index (χ2n) is 3.65. The lowest BCUT2D eigenvalue weighted by Crippen LogP contribution is -2.24. The van der Waals surface area contributed by atoms with Crippen molar-refractivity contribution in [2.24, 2.45) is 0 Å². The summed E-state index contributed by atoms with van der Waals surface area (Å²) in [6.45, 7) is 3.41. The van der Waals surface area contributed by atoms with Gasteiger partial charge >= 0.3 is 0 Å². The summed E-state index contributed by atoms with van der Waals surface area (Å²) in [4.78, 5) is 20.3. The van der Waals surface area contributed by atoms with Gasteiger partial charge in [-0.2, -0.15) is 0 Å². The van der Waals surface area contributed by atoms with Gasteiger partial charge in [0.05, 0.1) is 17.5 Å². The Morgan fingerprint density at radius 2 is 2.47 bits per heavy atom. The number of imidazole rings is 1. The van der Waals surface area contributed by atoms with Gasteiger partial charge in [0.15, 0.2) is 0 Å². The lowest BCUT2D eigenvalue weighted by Gasteiger charge is -2.03. The third kappa shape index (κ3) is 3.39. The standard InChI is InChI=1S/C11H14N4OS/c1-9-14-7-10(17-9)11(16)13-3-2-5-15-6-4-12-8-15/h4,6-8H,2-3,5H2,1H3,(H,13,16). The van der Waals surface area contributed by atoms with Crippen molar-refractivity contribution in [1.82, 2.24) is 19.9 Å². The monoisotopic (exact) mass is 250 g/mol. The molecule has 90 valence electrons. The Bertz CT molecular complexity index is 477. The van der Waals surface area contributed by atoms with Gasteiger partial charge in [-0.3, -0.25) is 4.79 Å². The van der Waals surface area contributed by atoms with Crippen LogP contribution >= 0.6 is 11.3 Å². The maximum atomic E-state index is 11.7. The molecule has 0 radical (unpaired) electrons. The molecule has 1 amide bonds. The molecule has 0 bridgehead atoms. The highest BCUT2D eigenvalue weighted by Crippen LogP contribution is 2.10. The molecule has 0 aromatic carbocycles. The van der Waals surface area contributed by atoms with Crippen LogP contribution in [0, 0.1) is 6.92 Å². The molecule has 2 heterocycles. The largest absolute Gasteiger partial charge is 0.351 e. The Morgan fingerprint density at radius 1 is 1.59 bits per heavy atom. The number of rotatable bonds is 5. The van der Waals surface area contributed by atoms with Crippen molar-refractivity contribution in [3.63, 3.8) is 0 Å². The number of aryl methyl sites for hydroxylation is 2. The van der Waals surface area contributed by atoms with Crippen LogP contribution in [0.2, 0.25) is 0 Å². The average molecular weight is 250 g/mol. The number of aromatic nitrogens is 3. The van der Waals surface area contributed by atoms with Crippen LogP contribution in [0.4, 0.5) is 0 Å². The van der Waals surface area contributed by atoms with Crippen LogP contribution in [0.15, 0.2) is 24.9 Å². The molecule has 17 heavy (non-hydrogen) atoms. The van der Waals surface area contributed by atoms with E-state index >= 15 is 0 Å². The minimum Gasteiger partial charge on any atom is -0.351 e. The molecule has 0 saturated carbocycles. The van der Waals surface area contributed by atoms with E-state index in [4.69, 9.17) is 0 Å². The van der Waals surface area contributed by atoms with Gasteiger partial charge in [-0.25, -0.2) is 9.97 Å². The lowest BCUT2D eigenvalue weighted by molar-refractivity contribution is 0.0956. The Balaban J connectivity index is 1.70. The normalized spacial score (nSPS) is 10.4. The fourth-order valence-corrected chi connectivity index (χ4v) is 2.13. The molecule has 0 saturated heterocycles. The molecule has 1 N–H and O–H groups in total. The Morgan fingerprint density at radius 3 is 3.12 bits per heavy atom. The molecule has 0 aliphatic rings. The fraction of sp³-hybridized carbons (Fsp3) is 0.364. The zero-order valence-corrected chi connectivity index (χ0v) is 10.4. The maximum absolute atomic E-state index is 11.7. The van der Waals surface area contributed by atoms with Gasteiger partial charge in [0.1, 0.15) is 4.88 Å². The molecule has 2 aromatic rings. The second kappa shape index (κ2) is 5.58. The van der Waals surface area contributed by atoms with Gasteiger partial charge in [0, 0.05) is 25.5 Å². The van der Waals surface area contributed by atoms with Gasteiger partial charge in [-0.1, -0.05) is 0 Å². The minimum absolute atomic E-state index is 0.0405. The summed E-state index contributed by atoms with van der Waals surface area (Å²) >= 11 is 1.41. The molecule has 2 aromatic heterocycles. The molecular weight excluding hydrogens is 236 g/mol. The molecule has 0 fully saturated rings. The first-order valence-corrected chi connectivity index (χ1v) is 6.24. The Kier molecular flexibility index (Phi) is 3.87. The number of hydrogen-bond acceptors (Lipinski definition) is 4. The summed E-state index contributed by atoms with van der Waals surface area (Å²) in [6.07, 6.45) is 7.94. The van der Waals surface area contributed by atoms with E-state index in [1.165, 1.54) is 11.3 Å². The van der Waals surface area contributed by atoms with Crippen LogP contribution in [0.3, 0.4) is 0 Å². The van der Waals surface area contributed by atoms with Crippen molar-refractivity contribution in [2.75, 3.05) is 6.54 Å². The van der Waals surface area contributed by atoms with Crippen LogP contribution in [0.25, 0.3) is 0 Å². The predicted octanol–water partition coefficient (Wildman–Crippen LogP) is 1.47. The van der Waals surface area contributed by atoms with Crippen molar-refractivity contribution in [2.45, 2.75) is 19.9 Å². The minimum atomic E-state index is -0.0405. The number of thiazole rings is 1. The van der Waals surface area contributed by atoms with E-state index in [0.717, 1.165) is 18.0 Å². The zero-order valence-electron chi connectivity index (χ0n) is 9.59. The van der Waals surface area contributed by atoms with Crippen LogP contribution in [-0.2, 0) is 6.54 Å². The van der Waals surface area contributed by atoms with Gasteiger partial charge in [0.2, 0.25) is 0 Å². The lowest BCUT2D eigenvalue weighted by atomic mass is 10.4. The van der Waals surface area contributed by atoms with Crippen molar-refractivity contribution in [3.05, 3.63) is 34.8 Å². The SMILES string of the molecule is Cc1ncc(C(=O)NCCCn2ccnc2)s1. The Hall–Kier alpha value is -1.69. The van der Waals surface area contributed by atoms with E-state index in [0.29, 0.717) is 11.4 Å². The van der Waals surface area contributed by atoms with E-state index in [9.17, 15) is 4.79 Å². The van der Waals surface area contributed by atoms with Gasteiger partial charge < -0.3 is 9.88 Å². The van der Waals surface area contributed by atoms with Crippen molar-refractivity contribution in [3.8, 4) is 0 Å². The second-order valence-corrected chi connectivity index (χ2v) is 4.89. The number of nitrogens with one attached hydrogen (secondary N) is 1. The smallest absolute Gasteiger partial charge is 0.263 e. The van der Waals surface area contributed by atoms with E-state index in [2.05, 4.69) is 15.3 Å². The first-order valence-electron chi connectivity index (χ1n) is 5.42. The highest BCUT2D eigenvalue weighted by Gasteiger charge is 2.07. The highest BCUT2D eigenvalue weighted by molar-refractivity contribution is 7.13. The molecule has 0 aliphatic heterocycles. The molecular formula is C11H14N4OS. The molecule has 5 nitrogen and oxygen atoms in total. The zero-order chi connectivity index (χ0) is 12.1. The summed E-state index contributed by atoms with van der Waals surface area (Å²) in [6, 6.07) is 0. The first kappa shape index (κ1) is 11.8. The molecule has 0 atom stereocenters. The van der Waals surface area contributed by atoms with Gasteiger partial charge in [-0.15, -0.1) is 11.3 Å². The summed E-state index contributed by atoms with van der Waals surface area (Å²) in [5, 5.41) is 3.78. The predicted molar refractivity (Wildman–Crippen MR) is 66.0 cm³/mol. The fourth-order valence-electron chi connectivity index (χ4n) is 1.44. The number of amides is 1. The molecule has 6 heteroatoms. The third-order valence-corrected chi connectivity index (χ3v) is 3.19. The molecule has 0 spiro atoms. The summed E-state index contributed by atoms with van der Waals surface area (Å²) in [5.41, 5.74) is 0. The van der Waals surface area contributed by atoms with E-state index in [1.807, 2.05) is 17.7 Å². The molecule has 0 aliphatic carbocycles. The van der Waals surface area contributed by atoms with Crippen molar-refractivity contribution in [1.29, 1.82) is 0 Å². The number of carbonyl (C=O) groups excluding carboxylic acids is 1. The molecule has 0 unspecified atom stereocenters. The summed E-state index contributed by atoms with van der Waals surface area (Å²) < 4.78 is 1.99. The Labute approximate surface area is 104 Å². The third-order valence-electron chi connectivity index (χ3n) is 2.28. The van der Waals surface area contributed by atoms with Crippen LogP contribution < -0.4 is 5.32 Å². The number of carbonyl (C=O) groups is 1. The van der Waals surface area contributed by atoms with E-state index in [-0.39, 0.29) is 5.91 Å². The number of nitrogens with zero attached hydrogens (tertiary/aromatic N) is 3. The topological polar surface area (TPSA) is 59.8 Å². The van der Waals surface area contributed by atoms with Crippen molar-refractivity contribution < 1.29 is 4.79 Å². The van der Waals surface area contributed by atoms with Crippen LogP contribution in [0.5, 0.6) is 0 Å². The average Bonchev–Trinajstić information content (AvgIpc) is 2.95. The molecule has 2 rings (SSSR count). The van der Waals surface area contributed by atoms with Crippen LogP contribution in [0.1, 0.15) is 21.1 Å². The van der Waals surface area contributed by atoms with Gasteiger partial charge in [0.25, 0.3) is 5.91 Å². The maximum Gasteiger partial charge on any atom is 0.263 e. The first-order chi connectivity index (χ1) is 8.25. The summed E-state index contributed by atoms with van der Waals surface area (Å²) in [5.74, 6) is -0.0405. The highest BCUT2D eigenvalue weighted by atomic mass is 32.1. The number of hydrogen-bond donors (Lipinski definition) is 1. The van der Waals surface area contributed by atoms with Crippen LogP contribution in [-0.4, -0.2) is 27.0 Å². The quantitative estimate of drug-likeness (QED) is 0.817. The van der Waals surface area contributed by atoms with E-state index < -0.39 is 0 Å². The van der Waals surface area contributed by atoms with E-state index in [1.54, 1.807) is 18.7 Å². The van der Waals surface area contributed by atoms with Crippen molar-refractivity contribution >= 4 is 17.2 Å². The summed E-state index contributed by atoms with van der Waals surface area (Å²) in [7, 11) is 0. The van der Waals surface area contributed by atoms with Gasteiger partial charge in [-0.05, 0) is 13.3 Å².